The molecule has 5 nitrogen and oxygen atoms in total. The molecule has 3 aromatic carbocycles. The largest absolute Gasteiger partial charge is 0.491 e. The van der Waals surface area contributed by atoms with Crippen LogP contribution in [0.25, 0.3) is 5.57 Å². The first-order chi connectivity index (χ1) is 16.6. The minimum atomic E-state index is -0.442. The van der Waals surface area contributed by atoms with E-state index in [4.69, 9.17) is 4.74 Å². The summed E-state index contributed by atoms with van der Waals surface area (Å²) in [5, 5.41) is 0. The molecule has 0 unspecified atom stereocenters. The van der Waals surface area contributed by atoms with Crippen molar-refractivity contribution in [3.05, 3.63) is 95.4 Å². The molecule has 3 aromatic rings. The Morgan fingerprint density at radius 2 is 1.59 bits per heavy atom. The predicted octanol–water partition coefficient (Wildman–Crippen LogP) is 5.35. The van der Waals surface area contributed by atoms with Crippen LogP contribution >= 0.6 is 0 Å². The van der Waals surface area contributed by atoms with Gasteiger partial charge in [0.1, 0.15) is 17.3 Å². The molecule has 5 rings (SSSR count). The van der Waals surface area contributed by atoms with Gasteiger partial charge >= 0.3 is 0 Å². The van der Waals surface area contributed by atoms with Gasteiger partial charge in [0.25, 0.3) is 11.8 Å². The number of carbonyl (C=O) groups excluding carboxylic acids is 2. The normalized spacial score (nSPS) is 15.7. The standard InChI is InChI=1S/C28H25FN2O3/c1-2-18-34-24-12-6-5-11-23(24)31-27(32)25(20-13-15-21(29)16-14-20)26(28(31)33)30-17-7-9-19-8-3-4-10-22(19)30/h3-6,8,10-16H,2,7,9,17-18H2,1H3. The van der Waals surface area contributed by atoms with Crippen molar-refractivity contribution in [3.63, 3.8) is 0 Å². The summed E-state index contributed by atoms with van der Waals surface area (Å²) >= 11 is 0. The maximum Gasteiger partial charge on any atom is 0.282 e. The van der Waals surface area contributed by atoms with Gasteiger partial charge in [0, 0.05) is 12.2 Å². The van der Waals surface area contributed by atoms with E-state index in [2.05, 4.69) is 0 Å². The van der Waals surface area contributed by atoms with Crippen LogP contribution in [0.3, 0.4) is 0 Å². The average Bonchev–Trinajstić information content (AvgIpc) is 3.12. The van der Waals surface area contributed by atoms with Gasteiger partial charge in [0.05, 0.1) is 17.9 Å². The lowest BCUT2D eigenvalue weighted by molar-refractivity contribution is -0.120. The van der Waals surface area contributed by atoms with E-state index in [1.807, 2.05) is 42.2 Å². The number of hydrogen-bond donors (Lipinski definition) is 0. The summed E-state index contributed by atoms with van der Waals surface area (Å²) in [6.07, 6.45) is 2.56. The predicted molar refractivity (Wildman–Crippen MR) is 130 cm³/mol. The molecule has 34 heavy (non-hydrogen) atoms. The Labute approximate surface area is 198 Å². The first-order valence-electron chi connectivity index (χ1n) is 11.6. The topological polar surface area (TPSA) is 49.9 Å². The molecule has 2 aliphatic rings. The number of amides is 2. The van der Waals surface area contributed by atoms with Crippen LogP contribution in [0.15, 0.2) is 78.5 Å². The number of halogens is 1. The number of benzene rings is 3. The van der Waals surface area contributed by atoms with Gasteiger partial charge in [-0.3, -0.25) is 9.59 Å². The van der Waals surface area contributed by atoms with E-state index < -0.39 is 17.6 Å². The highest BCUT2D eigenvalue weighted by atomic mass is 19.1. The summed E-state index contributed by atoms with van der Waals surface area (Å²) in [4.78, 5) is 31.0. The maximum absolute atomic E-state index is 14.0. The number of imide groups is 1. The van der Waals surface area contributed by atoms with E-state index in [0.29, 0.717) is 35.8 Å². The van der Waals surface area contributed by atoms with Crippen LogP contribution in [0.5, 0.6) is 5.75 Å². The first kappa shape index (κ1) is 21.9. The number of aryl methyl sites for hydroxylation is 1. The van der Waals surface area contributed by atoms with E-state index in [1.165, 1.54) is 17.0 Å². The first-order valence-corrected chi connectivity index (χ1v) is 11.6. The number of rotatable bonds is 6. The SMILES string of the molecule is CCCOc1ccccc1N1C(=O)C(c2ccc(F)cc2)=C(N2CCCc3ccccc32)C1=O. The monoisotopic (exact) mass is 456 g/mol. The van der Waals surface area contributed by atoms with Crippen LogP contribution in [0.1, 0.15) is 30.9 Å². The van der Waals surface area contributed by atoms with E-state index >= 15 is 0 Å². The number of carbonyl (C=O) groups is 2. The molecule has 172 valence electrons. The fourth-order valence-corrected chi connectivity index (χ4v) is 4.61. The third-order valence-electron chi connectivity index (χ3n) is 6.14. The molecule has 0 bridgehead atoms. The molecule has 0 spiro atoms. The number of ether oxygens (including phenoxy) is 1. The number of para-hydroxylation sites is 3. The number of nitrogens with zero attached hydrogens (tertiary/aromatic N) is 2. The third kappa shape index (κ3) is 3.75. The van der Waals surface area contributed by atoms with Crippen molar-refractivity contribution in [1.29, 1.82) is 0 Å². The molecule has 0 saturated heterocycles. The van der Waals surface area contributed by atoms with Crippen molar-refractivity contribution in [3.8, 4) is 5.75 Å². The van der Waals surface area contributed by atoms with Crippen molar-refractivity contribution in [2.45, 2.75) is 26.2 Å². The lowest BCUT2D eigenvalue weighted by Crippen LogP contribution is -2.37. The molecule has 2 aliphatic heterocycles. The minimum Gasteiger partial charge on any atom is -0.491 e. The fraction of sp³-hybridized carbons (Fsp3) is 0.214. The second-order valence-corrected chi connectivity index (χ2v) is 8.38. The van der Waals surface area contributed by atoms with Crippen molar-refractivity contribution < 1.29 is 18.7 Å². The average molecular weight is 457 g/mol. The van der Waals surface area contributed by atoms with Crippen LogP contribution in [0.4, 0.5) is 15.8 Å². The van der Waals surface area contributed by atoms with Crippen LogP contribution in [0.2, 0.25) is 0 Å². The van der Waals surface area contributed by atoms with Crippen LogP contribution in [-0.2, 0) is 16.0 Å². The van der Waals surface area contributed by atoms with Crippen molar-refractivity contribution >= 4 is 28.8 Å². The van der Waals surface area contributed by atoms with E-state index in [-0.39, 0.29) is 5.57 Å². The molecule has 0 radical (unpaired) electrons. The van der Waals surface area contributed by atoms with Crippen molar-refractivity contribution in [1.82, 2.24) is 0 Å². The Bertz CT molecular complexity index is 1280. The smallest absolute Gasteiger partial charge is 0.282 e. The molecular weight excluding hydrogens is 431 g/mol. The minimum absolute atomic E-state index is 0.270. The van der Waals surface area contributed by atoms with Crippen LogP contribution in [0, 0.1) is 5.82 Å². The quantitative estimate of drug-likeness (QED) is 0.469. The summed E-state index contributed by atoms with van der Waals surface area (Å²) < 4.78 is 19.6. The molecule has 0 atom stereocenters. The van der Waals surface area contributed by atoms with Gasteiger partial charge in [-0.05, 0) is 60.7 Å². The van der Waals surface area contributed by atoms with Gasteiger partial charge in [0.15, 0.2) is 0 Å². The lowest BCUT2D eigenvalue weighted by Gasteiger charge is -2.32. The highest BCUT2D eigenvalue weighted by molar-refractivity contribution is 6.46. The Morgan fingerprint density at radius 1 is 0.882 bits per heavy atom. The molecule has 2 amide bonds. The van der Waals surface area contributed by atoms with Gasteiger partial charge < -0.3 is 9.64 Å². The van der Waals surface area contributed by atoms with Crippen molar-refractivity contribution in [2.75, 3.05) is 23.0 Å². The third-order valence-corrected chi connectivity index (χ3v) is 6.14. The maximum atomic E-state index is 14.0. The summed E-state index contributed by atoms with van der Waals surface area (Å²) in [7, 11) is 0. The Balaban J connectivity index is 1.67. The zero-order chi connectivity index (χ0) is 23.7. The molecule has 2 heterocycles. The van der Waals surface area contributed by atoms with E-state index in [1.54, 1.807) is 30.3 Å². The highest BCUT2D eigenvalue weighted by Crippen LogP contribution is 2.41. The van der Waals surface area contributed by atoms with Crippen LogP contribution < -0.4 is 14.5 Å². The molecule has 6 heteroatoms. The number of hydrogen-bond acceptors (Lipinski definition) is 4. The van der Waals surface area contributed by atoms with Crippen LogP contribution in [-0.4, -0.2) is 25.0 Å². The second kappa shape index (κ2) is 9.14. The van der Waals surface area contributed by atoms with E-state index in [0.717, 1.165) is 30.5 Å². The molecule has 0 N–H and O–H groups in total. The molecular formula is C28H25FN2O3. The molecule has 0 aromatic heterocycles. The van der Waals surface area contributed by atoms with Gasteiger partial charge in [0.2, 0.25) is 0 Å². The molecule has 0 aliphatic carbocycles. The summed E-state index contributed by atoms with van der Waals surface area (Å²) in [6, 6.07) is 20.7. The number of anilines is 2. The highest BCUT2D eigenvalue weighted by Gasteiger charge is 2.44. The Morgan fingerprint density at radius 3 is 2.35 bits per heavy atom. The zero-order valence-corrected chi connectivity index (χ0v) is 19.0. The second-order valence-electron chi connectivity index (χ2n) is 8.38. The Hall–Kier alpha value is -3.93. The zero-order valence-electron chi connectivity index (χ0n) is 19.0. The van der Waals surface area contributed by atoms with Gasteiger partial charge in [-0.15, -0.1) is 0 Å². The molecule has 0 saturated carbocycles. The van der Waals surface area contributed by atoms with Gasteiger partial charge in [-0.1, -0.05) is 49.4 Å². The molecule has 0 fully saturated rings. The Kier molecular flexibility index (Phi) is 5.88. The van der Waals surface area contributed by atoms with E-state index in [9.17, 15) is 14.0 Å². The van der Waals surface area contributed by atoms with Gasteiger partial charge in [-0.2, -0.15) is 0 Å². The summed E-state index contributed by atoms with van der Waals surface area (Å²) in [5.41, 5.74) is 3.55. The number of fused-ring (bicyclic) bond motifs is 1. The van der Waals surface area contributed by atoms with Gasteiger partial charge in [-0.25, -0.2) is 9.29 Å². The lowest BCUT2D eigenvalue weighted by atomic mass is 9.98. The fourth-order valence-electron chi connectivity index (χ4n) is 4.61. The summed E-state index contributed by atoms with van der Waals surface area (Å²) in [6.45, 7) is 3.07. The van der Waals surface area contributed by atoms with Crippen molar-refractivity contribution in [2.24, 2.45) is 0 Å². The summed E-state index contributed by atoms with van der Waals surface area (Å²) in [5.74, 6) is -0.776.